The normalized spacial score (nSPS) is 12.1. The average molecular weight is 288 g/mol. The van der Waals surface area contributed by atoms with Gasteiger partial charge in [-0.25, -0.2) is 9.98 Å². The zero-order chi connectivity index (χ0) is 15.4. The summed E-state index contributed by atoms with van der Waals surface area (Å²) in [6.45, 7) is 0. The van der Waals surface area contributed by atoms with Gasteiger partial charge in [-0.15, -0.1) is 0 Å². The first-order chi connectivity index (χ1) is 10.8. The van der Waals surface area contributed by atoms with Gasteiger partial charge in [0.2, 0.25) is 0 Å². The van der Waals surface area contributed by atoms with E-state index in [0.29, 0.717) is 11.7 Å². The van der Waals surface area contributed by atoms with Crippen molar-refractivity contribution in [2.45, 2.75) is 0 Å². The van der Waals surface area contributed by atoms with Crippen molar-refractivity contribution in [1.29, 1.82) is 0 Å². The fourth-order valence-corrected chi connectivity index (χ4v) is 2.33. The molecule has 0 amide bonds. The van der Waals surface area contributed by atoms with Crippen molar-refractivity contribution >= 4 is 22.4 Å². The number of pyridine rings is 1. The molecule has 0 unspecified atom stereocenters. The molecule has 3 rings (SSSR count). The minimum absolute atomic E-state index is 0.323. The van der Waals surface area contributed by atoms with Crippen LogP contribution in [0.3, 0.4) is 0 Å². The van der Waals surface area contributed by atoms with Gasteiger partial charge >= 0.3 is 0 Å². The van der Waals surface area contributed by atoms with E-state index in [1.807, 2.05) is 54.6 Å². The number of fused-ring (bicyclic) bond motifs is 1. The number of hydrogen-bond acceptors (Lipinski definition) is 3. The Morgan fingerprint density at radius 1 is 1.00 bits per heavy atom. The van der Waals surface area contributed by atoms with E-state index in [9.17, 15) is 0 Å². The third-order valence-electron chi connectivity index (χ3n) is 3.28. The van der Waals surface area contributed by atoms with Crippen LogP contribution in [0.5, 0.6) is 0 Å². The highest BCUT2D eigenvalue weighted by Gasteiger charge is 2.07. The van der Waals surface area contributed by atoms with Crippen LogP contribution in [0.25, 0.3) is 22.0 Å². The molecule has 0 saturated heterocycles. The van der Waals surface area contributed by atoms with E-state index in [4.69, 9.17) is 11.5 Å². The van der Waals surface area contributed by atoms with E-state index in [-0.39, 0.29) is 0 Å². The molecular weight excluding hydrogens is 272 g/mol. The third-order valence-corrected chi connectivity index (χ3v) is 3.28. The quantitative estimate of drug-likeness (QED) is 0.573. The number of hydrogen-bond donors (Lipinski definition) is 2. The zero-order valence-corrected chi connectivity index (χ0v) is 12.0. The molecule has 0 fully saturated rings. The van der Waals surface area contributed by atoms with Gasteiger partial charge in [-0.05, 0) is 23.7 Å². The molecule has 0 bridgehead atoms. The van der Waals surface area contributed by atoms with Gasteiger partial charge in [-0.3, -0.25) is 0 Å². The highest BCUT2D eigenvalue weighted by molar-refractivity contribution is 5.98. The summed E-state index contributed by atoms with van der Waals surface area (Å²) in [5.41, 5.74) is 13.1. The number of aliphatic imine (C=N–C) groups is 1. The number of nitrogens with two attached hydrogens (primary N) is 2. The molecule has 22 heavy (non-hydrogen) atoms. The van der Waals surface area contributed by atoms with Crippen molar-refractivity contribution in [3.63, 3.8) is 0 Å². The predicted molar refractivity (Wildman–Crippen MR) is 91.8 cm³/mol. The minimum Gasteiger partial charge on any atom is -0.404 e. The van der Waals surface area contributed by atoms with Crippen LogP contribution >= 0.6 is 0 Å². The Morgan fingerprint density at radius 2 is 1.73 bits per heavy atom. The van der Waals surface area contributed by atoms with E-state index in [1.165, 1.54) is 6.20 Å². The molecule has 1 heterocycles. The van der Waals surface area contributed by atoms with E-state index in [1.54, 1.807) is 6.08 Å². The van der Waals surface area contributed by atoms with Gasteiger partial charge < -0.3 is 11.5 Å². The smallest absolute Gasteiger partial charge is 0.155 e. The van der Waals surface area contributed by atoms with Crippen LogP contribution in [-0.4, -0.2) is 10.8 Å². The second kappa shape index (κ2) is 6.10. The molecule has 4 N–H and O–H groups in total. The molecule has 1 aromatic heterocycles. The van der Waals surface area contributed by atoms with Crippen LogP contribution < -0.4 is 11.5 Å². The number of amidine groups is 1. The molecular formula is C18H16N4. The lowest BCUT2D eigenvalue weighted by molar-refractivity contribution is 1.29. The van der Waals surface area contributed by atoms with Crippen LogP contribution in [0, 0.1) is 0 Å². The molecule has 0 aliphatic carbocycles. The van der Waals surface area contributed by atoms with E-state index in [0.717, 1.165) is 22.0 Å². The maximum Gasteiger partial charge on any atom is 0.155 e. The molecule has 0 atom stereocenters. The Labute approximate surface area is 128 Å². The largest absolute Gasteiger partial charge is 0.404 e. The summed E-state index contributed by atoms with van der Waals surface area (Å²) in [7, 11) is 0. The first kappa shape index (κ1) is 13.8. The average Bonchev–Trinajstić information content (AvgIpc) is 2.55. The molecule has 0 aliphatic rings. The lowest BCUT2D eigenvalue weighted by Crippen LogP contribution is -2.07. The molecule has 108 valence electrons. The first-order valence-corrected chi connectivity index (χ1v) is 6.95. The molecule has 4 nitrogen and oxygen atoms in total. The topological polar surface area (TPSA) is 77.3 Å². The van der Waals surface area contributed by atoms with Crippen molar-refractivity contribution in [3.8, 4) is 11.3 Å². The Balaban J connectivity index is 2.23. The van der Waals surface area contributed by atoms with Crippen molar-refractivity contribution in [3.05, 3.63) is 72.9 Å². The van der Waals surface area contributed by atoms with E-state index < -0.39 is 0 Å². The van der Waals surface area contributed by atoms with Gasteiger partial charge in [0.1, 0.15) is 5.84 Å². The fraction of sp³-hybridized carbons (Fsp3) is 0. The second-order valence-corrected chi connectivity index (χ2v) is 4.81. The summed E-state index contributed by atoms with van der Waals surface area (Å²) in [4.78, 5) is 8.95. The third kappa shape index (κ3) is 2.81. The number of aromatic nitrogens is 1. The second-order valence-electron chi connectivity index (χ2n) is 4.81. The summed E-state index contributed by atoms with van der Waals surface area (Å²) >= 11 is 0. The van der Waals surface area contributed by atoms with Crippen LogP contribution in [0.1, 0.15) is 0 Å². The van der Waals surface area contributed by atoms with Crippen LogP contribution in [0.2, 0.25) is 0 Å². The minimum atomic E-state index is 0.323. The molecule has 0 radical (unpaired) electrons. The monoisotopic (exact) mass is 288 g/mol. The first-order valence-electron chi connectivity index (χ1n) is 6.95. The molecule has 0 aliphatic heterocycles. The number of benzene rings is 2. The maximum absolute atomic E-state index is 5.79. The molecule has 3 aromatic rings. The molecule has 4 heteroatoms. The predicted octanol–water partition coefficient (Wildman–Crippen LogP) is 3.36. The van der Waals surface area contributed by atoms with E-state index >= 15 is 0 Å². The summed E-state index contributed by atoms with van der Waals surface area (Å²) in [5, 5.41) is 2.15. The maximum atomic E-state index is 5.79. The Bertz CT molecular complexity index is 851. The van der Waals surface area contributed by atoms with Gasteiger partial charge in [0.15, 0.2) is 5.82 Å². The van der Waals surface area contributed by atoms with Crippen molar-refractivity contribution in [2.75, 3.05) is 0 Å². The van der Waals surface area contributed by atoms with Gasteiger partial charge in [-0.1, -0.05) is 54.6 Å². The highest BCUT2D eigenvalue weighted by atomic mass is 15.0. The Kier molecular flexibility index (Phi) is 3.83. The zero-order valence-electron chi connectivity index (χ0n) is 12.0. The van der Waals surface area contributed by atoms with Crippen molar-refractivity contribution < 1.29 is 0 Å². The van der Waals surface area contributed by atoms with Gasteiger partial charge in [0.05, 0.1) is 5.69 Å². The highest BCUT2D eigenvalue weighted by Crippen LogP contribution is 2.29. The van der Waals surface area contributed by atoms with Crippen LogP contribution in [0.15, 0.2) is 77.9 Å². The van der Waals surface area contributed by atoms with Gasteiger partial charge in [0.25, 0.3) is 0 Å². The SMILES string of the molecule is N/C=C\C(N)=N/c1cc2ccccc2c(-c2ccccc2)n1. The lowest BCUT2D eigenvalue weighted by atomic mass is 10.0. The summed E-state index contributed by atoms with van der Waals surface area (Å²) in [6.07, 6.45) is 2.90. The van der Waals surface area contributed by atoms with Gasteiger partial charge in [0, 0.05) is 10.9 Å². The Hall–Kier alpha value is -3.14. The van der Waals surface area contributed by atoms with Gasteiger partial charge in [-0.2, -0.15) is 0 Å². The Morgan fingerprint density at radius 3 is 2.50 bits per heavy atom. The number of rotatable bonds is 3. The standard InChI is InChI=1S/C18H16N4/c19-11-10-16(20)21-17-12-14-8-4-5-9-15(14)18(22-17)13-6-2-1-3-7-13/h1-12H,19H2,(H2,20,21,22)/b11-10-. The molecule has 0 spiro atoms. The number of nitrogens with zero attached hydrogens (tertiary/aromatic N) is 2. The van der Waals surface area contributed by atoms with Crippen LogP contribution in [0.4, 0.5) is 5.82 Å². The summed E-state index contributed by atoms with van der Waals surface area (Å²) in [5.74, 6) is 0.887. The summed E-state index contributed by atoms with van der Waals surface area (Å²) in [6, 6.07) is 20.0. The van der Waals surface area contributed by atoms with Crippen LogP contribution in [-0.2, 0) is 0 Å². The lowest BCUT2D eigenvalue weighted by Gasteiger charge is -2.08. The fourth-order valence-electron chi connectivity index (χ4n) is 2.33. The molecule has 0 saturated carbocycles. The summed E-state index contributed by atoms with van der Waals surface area (Å²) < 4.78 is 0. The van der Waals surface area contributed by atoms with Crippen molar-refractivity contribution in [2.24, 2.45) is 16.5 Å². The molecule has 2 aromatic carbocycles. The van der Waals surface area contributed by atoms with E-state index in [2.05, 4.69) is 16.0 Å². The van der Waals surface area contributed by atoms with Crippen molar-refractivity contribution in [1.82, 2.24) is 4.98 Å².